The Labute approximate surface area is 198 Å². The molecule has 0 bridgehead atoms. The van der Waals surface area contributed by atoms with E-state index in [1.807, 2.05) is 43.3 Å². The molecule has 1 aliphatic heterocycles. The number of dihydropyridines is 1. The molecular formula is C29H25NO4. The first-order valence-corrected chi connectivity index (χ1v) is 11.0. The number of ether oxygens (including phenoxy) is 1. The van der Waals surface area contributed by atoms with Crippen molar-refractivity contribution in [3.63, 3.8) is 0 Å². The number of Topliss-reactive ketones (excluding diaryl/α,β-unsaturated/α-hetero) is 2. The van der Waals surface area contributed by atoms with Crippen LogP contribution in [0.1, 0.15) is 44.2 Å². The van der Waals surface area contributed by atoms with Gasteiger partial charge in [-0.25, -0.2) is 0 Å². The van der Waals surface area contributed by atoms with Crippen molar-refractivity contribution in [3.8, 4) is 0 Å². The quantitative estimate of drug-likeness (QED) is 0.397. The minimum Gasteiger partial charge on any atom is -0.469 e. The van der Waals surface area contributed by atoms with Gasteiger partial charge in [0.25, 0.3) is 0 Å². The van der Waals surface area contributed by atoms with E-state index in [-0.39, 0.29) is 18.0 Å². The lowest BCUT2D eigenvalue weighted by atomic mass is 9.75. The molecule has 5 nitrogen and oxygen atoms in total. The molecule has 0 aromatic heterocycles. The van der Waals surface area contributed by atoms with Gasteiger partial charge in [0.05, 0.1) is 13.5 Å². The van der Waals surface area contributed by atoms with Gasteiger partial charge in [0.1, 0.15) is 0 Å². The fourth-order valence-corrected chi connectivity index (χ4v) is 4.22. The molecule has 5 heteroatoms. The zero-order chi connectivity index (χ0) is 24.1. The summed E-state index contributed by atoms with van der Waals surface area (Å²) in [4.78, 5) is 39.8. The minimum absolute atomic E-state index is 0.115. The summed E-state index contributed by atoms with van der Waals surface area (Å²) in [6, 6.07) is 25.5. The summed E-state index contributed by atoms with van der Waals surface area (Å²) in [6.07, 6.45) is 1.50. The van der Waals surface area contributed by atoms with Gasteiger partial charge in [-0.2, -0.15) is 0 Å². The van der Waals surface area contributed by atoms with E-state index in [1.165, 1.54) is 7.11 Å². The van der Waals surface area contributed by atoms with E-state index in [0.717, 1.165) is 11.1 Å². The van der Waals surface area contributed by atoms with Crippen LogP contribution < -0.4 is 5.32 Å². The molecule has 3 aromatic rings. The molecule has 0 amide bonds. The van der Waals surface area contributed by atoms with Crippen molar-refractivity contribution in [2.75, 3.05) is 7.11 Å². The van der Waals surface area contributed by atoms with Crippen molar-refractivity contribution in [3.05, 3.63) is 130 Å². The lowest BCUT2D eigenvalue weighted by Gasteiger charge is -2.30. The molecule has 170 valence electrons. The van der Waals surface area contributed by atoms with Gasteiger partial charge in [-0.3, -0.25) is 14.4 Å². The Morgan fingerprint density at radius 2 is 1.35 bits per heavy atom. The van der Waals surface area contributed by atoms with E-state index in [4.69, 9.17) is 4.74 Å². The molecule has 1 N–H and O–H groups in total. The molecule has 1 aliphatic rings. The van der Waals surface area contributed by atoms with Crippen LogP contribution in [0.5, 0.6) is 0 Å². The van der Waals surface area contributed by atoms with Crippen LogP contribution in [0.2, 0.25) is 0 Å². The number of nitrogens with one attached hydrogen (secondary N) is 1. The Balaban J connectivity index is 1.93. The first kappa shape index (κ1) is 22.9. The molecule has 0 spiro atoms. The van der Waals surface area contributed by atoms with E-state index in [9.17, 15) is 14.4 Å². The summed E-state index contributed by atoms with van der Waals surface area (Å²) in [5.74, 6) is -1.55. The van der Waals surface area contributed by atoms with Gasteiger partial charge in [0.2, 0.25) is 0 Å². The highest BCUT2D eigenvalue weighted by molar-refractivity contribution is 6.16. The number of ketones is 2. The molecule has 3 aromatic carbocycles. The fourth-order valence-electron chi connectivity index (χ4n) is 4.22. The van der Waals surface area contributed by atoms with Crippen molar-refractivity contribution < 1.29 is 19.1 Å². The second-order valence-electron chi connectivity index (χ2n) is 8.07. The number of esters is 1. The third-order valence-electron chi connectivity index (χ3n) is 5.95. The van der Waals surface area contributed by atoms with Crippen LogP contribution in [-0.2, 0) is 9.53 Å². The molecule has 0 saturated carbocycles. The highest BCUT2D eigenvalue weighted by atomic mass is 16.5. The summed E-state index contributed by atoms with van der Waals surface area (Å²) in [7, 11) is 1.31. The smallest absolute Gasteiger partial charge is 0.311 e. The number of hydrogen-bond donors (Lipinski definition) is 1. The number of carbonyl (C=O) groups is 3. The Kier molecular flexibility index (Phi) is 6.83. The lowest BCUT2D eigenvalue weighted by Crippen LogP contribution is -2.30. The SMILES string of the molecule is COC(=O)CC1=C(C(=O)c2ccccc2)C(c2ccccc2C)C(C(=O)c2ccccc2)=CN1. The zero-order valence-corrected chi connectivity index (χ0v) is 19.1. The van der Waals surface area contributed by atoms with Crippen LogP contribution >= 0.6 is 0 Å². The summed E-state index contributed by atoms with van der Waals surface area (Å²) >= 11 is 0. The fraction of sp³-hybridized carbons (Fsp3) is 0.138. The third-order valence-corrected chi connectivity index (χ3v) is 5.95. The van der Waals surface area contributed by atoms with Gasteiger partial charge < -0.3 is 10.1 Å². The van der Waals surface area contributed by atoms with E-state index < -0.39 is 11.9 Å². The number of hydrogen-bond acceptors (Lipinski definition) is 5. The average molecular weight is 452 g/mol. The first-order chi connectivity index (χ1) is 16.5. The lowest BCUT2D eigenvalue weighted by molar-refractivity contribution is -0.139. The number of benzene rings is 3. The Bertz CT molecular complexity index is 1290. The second kappa shape index (κ2) is 10.1. The van der Waals surface area contributed by atoms with Gasteiger partial charge >= 0.3 is 5.97 Å². The number of methoxy groups -OCH3 is 1. The summed E-state index contributed by atoms with van der Waals surface area (Å²) in [5, 5.41) is 3.08. The topological polar surface area (TPSA) is 72.5 Å². The molecule has 0 saturated heterocycles. The number of aryl methyl sites for hydroxylation is 1. The number of carbonyl (C=O) groups excluding carboxylic acids is 3. The van der Waals surface area contributed by atoms with Crippen LogP contribution in [0.15, 0.2) is 108 Å². The maximum absolute atomic E-state index is 13.9. The predicted octanol–water partition coefficient (Wildman–Crippen LogP) is 5.15. The molecule has 4 rings (SSSR count). The van der Waals surface area contributed by atoms with Gasteiger partial charge in [-0.05, 0) is 18.1 Å². The monoisotopic (exact) mass is 451 g/mol. The summed E-state index contributed by atoms with van der Waals surface area (Å²) in [5.41, 5.74) is 4.02. The average Bonchev–Trinajstić information content (AvgIpc) is 2.89. The maximum Gasteiger partial charge on any atom is 0.311 e. The molecule has 0 fully saturated rings. The molecule has 0 aliphatic carbocycles. The summed E-state index contributed by atoms with van der Waals surface area (Å²) < 4.78 is 4.88. The van der Waals surface area contributed by atoms with Crippen molar-refractivity contribution in [2.24, 2.45) is 0 Å². The van der Waals surface area contributed by atoms with Crippen LogP contribution in [0.25, 0.3) is 0 Å². The van der Waals surface area contributed by atoms with Crippen LogP contribution in [0.3, 0.4) is 0 Å². The van der Waals surface area contributed by atoms with Gasteiger partial charge in [-0.15, -0.1) is 0 Å². The molecule has 0 radical (unpaired) electrons. The van der Waals surface area contributed by atoms with Crippen molar-refractivity contribution >= 4 is 17.5 Å². The third kappa shape index (κ3) is 4.59. The number of allylic oxidation sites excluding steroid dienone is 2. The highest BCUT2D eigenvalue weighted by Gasteiger charge is 2.37. The standard InChI is InChI=1S/C29H25NO4/c1-19-11-9-10-16-22(19)26-23(28(32)20-12-5-3-6-13-20)18-30-24(17-25(31)34-2)27(26)29(33)21-14-7-4-8-15-21/h3-16,18,26,30H,17H2,1-2H3. The molecular weight excluding hydrogens is 426 g/mol. The van der Waals surface area contributed by atoms with E-state index in [0.29, 0.717) is 28.0 Å². The van der Waals surface area contributed by atoms with Gasteiger partial charge in [0.15, 0.2) is 11.6 Å². The van der Waals surface area contributed by atoms with Crippen LogP contribution in [-0.4, -0.2) is 24.6 Å². The molecule has 34 heavy (non-hydrogen) atoms. The Morgan fingerprint density at radius 1 is 0.794 bits per heavy atom. The predicted molar refractivity (Wildman–Crippen MR) is 130 cm³/mol. The summed E-state index contributed by atoms with van der Waals surface area (Å²) in [6.45, 7) is 1.95. The Hall–Kier alpha value is -4.25. The first-order valence-electron chi connectivity index (χ1n) is 11.0. The largest absolute Gasteiger partial charge is 0.469 e. The van der Waals surface area contributed by atoms with E-state index in [1.54, 1.807) is 54.7 Å². The zero-order valence-electron chi connectivity index (χ0n) is 19.1. The van der Waals surface area contributed by atoms with Crippen molar-refractivity contribution in [2.45, 2.75) is 19.3 Å². The number of rotatable bonds is 7. The van der Waals surface area contributed by atoms with E-state index >= 15 is 0 Å². The molecule has 1 unspecified atom stereocenters. The van der Waals surface area contributed by atoms with Crippen molar-refractivity contribution in [1.82, 2.24) is 5.32 Å². The van der Waals surface area contributed by atoms with Gasteiger partial charge in [-0.1, -0.05) is 84.9 Å². The maximum atomic E-state index is 13.9. The van der Waals surface area contributed by atoms with E-state index in [2.05, 4.69) is 5.32 Å². The Morgan fingerprint density at radius 3 is 1.94 bits per heavy atom. The van der Waals surface area contributed by atoms with Crippen LogP contribution in [0, 0.1) is 6.92 Å². The second-order valence-corrected chi connectivity index (χ2v) is 8.07. The van der Waals surface area contributed by atoms with Crippen LogP contribution in [0.4, 0.5) is 0 Å². The van der Waals surface area contributed by atoms with Crippen molar-refractivity contribution in [1.29, 1.82) is 0 Å². The van der Waals surface area contributed by atoms with Gasteiger partial charge in [0, 0.05) is 40.1 Å². The highest BCUT2D eigenvalue weighted by Crippen LogP contribution is 2.41. The molecule has 1 atom stereocenters. The normalized spacial score (nSPS) is 15.2. The minimum atomic E-state index is -0.650. The molecule has 1 heterocycles.